The molecular formula is C28H35ClN2O5. The summed E-state index contributed by atoms with van der Waals surface area (Å²) in [5, 5.41) is 9.87. The number of hydrogen-bond donors (Lipinski definition) is 1. The minimum absolute atomic E-state index is 0.0121. The molecule has 1 N–H and O–H groups in total. The lowest BCUT2D eigenvalue weighted by Crippen LogP contribution is -2.22. The molecule has 0 aliphatic heterocycles. The first-order chi connectivity index (χ1) is 17.1. The Labute approximate surface area is 218 Å². The van der Waals surface area contributed by atoms with Crippen molar-refractivity contribution in [1.82, 2.24) is 9.55 Å². The summed E-state index contributed by atoms with van der Waals surface area (Å²) >= 11 is 5.95. The number of aliphatic carboxylic acids is 1. The normalized spacial score (nSPS) is 17.8. The number of carbonyl (C=O) groups is 2. The Balaban J connectivity index is 1.75. The molecule has 8 heteroatoms. The van der Waals surface area contributed by atoms with Crippen LogP contribution >= 0.6 is 11.6 Å². The number of aryl methyl sites for hydroxylation is 1. The van der Waals surface area contributed by atoms with Gasteiger partial charge in [0.05, 0.1) is 12.5 Å². The lowest BCUT2D eigenvalue weighted by atomic mass is 9.79. The molecule has 7 nitrogen and oxygen atoms in total. The van der Waals surface area contributed by atoms with Gasteiger partial charge in [0.1, 0.15) is 35.2 Å². The van der Waals surface area contributed by atoms with Crippen LogP contribution in [0.25, 0.3) is 0 Å². The molecule has 0 spiro atoms. The summed E-state index contributed by atoms with van der Waals surface area (Å²) in [4.78, 5) is 29.3. The van der Waals surface area contributed by atoms with E-state index in [-0.39, 0.29) is 11.7 Å². The third-order valence-electron chi connectivity index (χ3n) is 6.79. The smallest absolute Gasteiger partial charge is 0.306 e. The third kappa shape index (κ3) is 7.59. The maximum Gasteiger partial charge on any atom is 0.306 e. The summed E-state index contributed by atoms with van der Waals surface area (Å²) in [6, 6.07) is 7.14. The molecule has 0 unspecified atom stereocenters. The maximum absolute atomic E-state index is 13.5. The zero-order valence-corrected chi connectivity index (χ0v) is 22.2. The highest BCUT2D eigenvalue weighted by atomic mass is 35.5. The molecule has 2 aromatic rings. The van der Waals surface area contributed by atoms with Gasteiger partial charge in [-0.1, -0.05) is 17.5 Å². The molecule has 0 amide bonds. The van der Waals surface area contributed by atoms with E-state index in [0.29, 0.717) is 66.3 Å². The van der Waals surface area contributed by atoms with E-state index in [9.17, 15) is 14.7 Å². The quantitative estimate of drug-likeness (QED) is 0.330. The van der Waals surface area contributed by atoms with Gasteiger partial charge >= 0.3 is 5.97 Å². The Morgan fingerprint density at radius 3 is 2.47 bits per heavy atom. The van der Waals surface area contributed by atoms with Crippen molar-refractivity contribution in [2.75, 3.05) is 13.7 Å². The minimum Gasteiger partial charge on any atom is -0.492 e. The predicted octanol–water partition coefficient (Wildman–Crippen LogP) is 5.55. The number of Topliss-reactive ketones (excluding diaryl/α,β-unsaturated/α-hetero) is 1. The number of ether oxygens (including phenoxy) is 2. The zero-order valence-electron chi connectivity index (χ0n) is 21.5. The Kier molecular flexibility index (Phi) is 9.58. The number of carboxylic acids is 1. The number of methoxy groups -OCH3 is 1. The molecule has 1 aromatic carbocycles. The van der Waals surface area contributed by atoms with E-state index in [0.717, 1.165) is 19.3 Å². The van der Waals surface area contributed by atoms with E-state index in [2.05, 4.69) is 16.8 Å². The number of carboxylic acid groups (broad SMARTS) is 1. The standard InChI is InChI=1S/C28H35ClN2O5/c1-19-30-24(15-16-28(2,3)35-4)26(31(19)17-18-36-23-12-10-22(29)11-13-23)25(32)14-7-20-5-8-21(9-6-20)27(33)34/h10-13,20-21H,5-9,14,17-18H2,1-4H3,(H,33,34). The summed E-state index contributed by atoms with van der Waals surface area (Å²) < 4.78 is 13.1. The number of rotatable bonds is 10. The van der Waals surface area contributed by atoms with Gasteiger partial charge in [-0.05, 0) is 89.0 Å². The Bertz CT molecular complexity index is 1120. The van der Waals surface area contributed by atoms with Crippen LogP contribution in [0.3, 0.4) is 0 Å². The second kappa shape index (κ2) is 12.4. The van der Waals surface area contributed by atoms with E-state index in [1.807, 2.05) is 25.3 Å². The van der Waals surface area contributed by atoms with Gasteiger partial charge in [-0.15, -0.1) is 0 Å². The van der Waals surface area contributed by atoms with Crippen LogP contribution in [0, 0.1) is 30.6 Å². The molecule has 194 valence electrons. The van der Waals surface area contributed by atoms with Crippen LogP contribution in [-0.4, -0.2) is 45.7 Å². The molecule has 1 aliphatic rings. The number of aromatic nitrogens is 2. The van der Waals surface area contributed by atoms with Crippen molar-refractivity contribution in [1.29, 1.82) is 0 Å². The molecular weight excluding hydrogens is 480 g/mol. The van der Waals surface area contributed by atoms with Gasteiger partial charge in [0, 0.05) is 18.6 Å². The summed E-state index contributed by atoms with van der Waals surface area (Å²) in [5.41, 5.74) is 0.271. The molecule has 1 saturated carbocycles. The van der Waals surface area contributed by atoms with E-state index in [4.69, 9.17) is 21.1 Å². The SMILES string of the molecule is COC(C)(C)C#Cc1nc(C)n(CCOc2ccc(Cl)cc2)c1C(=O)CCC1CCC(C(=O)O)CC1. The monoisotopic (exact) mass is 514 g/mol. The average molecular weight is 515 g/mol. The van der Waals surface area contributed by atoms with Gasteiger partial charge in [0.15, 0.2) is 5.78 Å². The number of carbonyl (C=O) groups excluding carboxylic acids is 1. The average Bonchev–Trinajstić information content (AvgIpc) is 3.18. The van der Waals surface area contributed by atoms with Crippen LogP contribution in [0.1, 0.15) is 74.4 Å². The summed E-state index contributed by atoms with van der Waals surface area (Å²) in [5.74, 6) is 6.90. The molecule has 1 aliphatic carbocycles. The first kappa shape index (κ1) is 27.8. The van der Waals surface area contributed by atoms with Gasteiger partial charge in [-0.2, -0.15) is 0 Å². The number of halogens is 1. The summed E-state index contributed by atoms with van der Waals surface area (Å²) in [7, 11) is 1.60. The molecule has 0 atom stereocenters. The lowest BCUT2D eigenvalue weighted by molar-refractivity contribution is -0.143. The number of hydrogen-bond acceptors (Lipinski definition) is 5. The zero-order chi connectivity index (χ0) is 26.3. The van der Waals surface area contributed by atoms with Crippen molar-refractivity contribution in [3.8, 4) is 17.6 Å². The third-order valence-corrected chi connectivity index (χ3v) is 7.04. The van der Waals surface area contributed by atoms with Crippen LogP contribution in [-0.2, 0) is 16.1 Å². The van der Waals surface area contributed by atoms with Crippen molar-refractivity contribution in [3.05, 3.63) is 46.5 Å². The fourth-order valence-corrected chi connectivity index (χ4v) is 4.53. The van der Waals surface area contributed by atoms with Gasteiger partial charge in [0.2, 0.25) is 0 Å². The molecule has 0 saturated heterocycles. The van der Waals surface area contributed by atoms with Gasteiger partial charge in [-0.25, -0.2) is 4.98 Å². The van der Waals surface area contributed by atoms with Gasteiger partial charge in [0.25, 0.3) is 0 Å². The van der Waals surface area contributed by atoms with Crippen LogP contribution in [0.2, 0.25) is 5.02 Å². The number of nitrogens with zero attached hydrogens (tertiary/aromatic N) is 2. The van der Waals surface area contributed by atoms with E-state index < -0.39 is 11.6 Å². The molecule has 1 aromatic heterocycles. The van der Waals surface area contributed by atoms with Crippen LogP contribution in [0.5, 0.6) is 5.75 Å². The first-order valence-corrected chi connectivity index (χ1v) is 12.8. The highest BCUT2D eigenvalue weighted by Crippen LogP contribution is 2.32. The van der Waals surface area contributed by atoms with Crippen molar-refractivity contribution in [2.45, 2.75) is 71.4 Å². The highest BCUT2D eigenvalue weighted by Gasteiger charge is 2.27. The first-order valence-electron chi connectivity index (χ1n) is 12.4. The molecule has 0 bridgehead atoms. The van der Waals surface area contributed by atoms with Crippen molar-refractivity contribution >= 4 is 23.4 Å². The maximum atomic E-state index is 13.5. The van der Waals surface area contributed by atoms with E-state index >= 15 is 0 Å². The molecule has 1 heterocycles. The molecule has 1 fully saturated rings. The van der Waals surface area contributed by atoms with Crippen molar-refractivity contribution in [2.24, 2.45) is 11.8 Å². The molecule has 36 heavy (non-hydrogen) atoms. The van der Waals surface area contributed by atoms with Gasteiger partial charge < -0.3 is 19.1 Å². The van der Waals surface area contributed by atoms with Crippen LogP contribution in [0.4, 0.5) is 0 Å². The number of benzene rings is 1. The Hall–Kier alpha value is -2.82. The van der Waals surface area contributed by atoms with E-state index in [1.165, 1.54) is 0 Å². The second-order valence-electron chi connectivity index (χ2n) is 9.79. The van der Waals surface area contributed by atoms with Crippen molar-refractivity contribution in [3.63, 3.8) is 0 Å². The summed E-state index contributed by atoms with van der Waals surface area (Å²) in [6.07, 6.45) is 4.13. The van der Waals surface area contributed by atoms with Crippen molar-refractivity contribution < 1.29 is 24.2 Å². The van der Waals surface area contributed by atoms with E-state index in [1.54, 1.807) is 31.4 Å². The summed E-state index contributed by atoms with van der Waals surface area (Å²) in [6.45, 7) is 6.38. The molecule has 3 rings (SSSR count). The fourth-order valence-electron chi connectivity index (χ4n) is 4.41. The Morgan fingerprint density at radius 1 is 1.19 bits per heavy atom. The van der Waals surface area contributed by atoms with Gasteiger partial charge in [-0.3, -0.25) is 9.59 Å². The topological polar surface area (TPSA) is 90.7 Å². The largest absolute Gasteiger partial charge is 0.492 e. The van der Waals surface area contributed by atoms with Crippen LogP contribution < -0.4 is 4.74 Å². The molecule has 0 radical (unpaired) electrons. The second-order valence-corrected chi connectivity index (χ2v) is 10.2. The predicted molar refractivity (Wildman–Crippen MR) is 139 cm³/mol. The Morgan fingerprint density at radius 2 is 1.86 bits per heavy atom. The number of ketones is 1. The lowest BCUT2D eigenvalue weighted by Gasteiger charge is -2.25. The van der Waals surface area contributed by atoms with Crippen LogP contribution in [0.15, 0.2) is 24.3 Å². The number of imidazole rings is 1. The minimum atomic E-state index is -0.716. The highest BCUT2D eigenvalue weighted by molar-refractivity contribution is 6.30. The fraction of sp³-hybridized carbons (Fsp3) is 0.536.